The highest BCUT2D eigenvalue weighted by Crippen LogP contribution is 2.10. The van der Waals surface area contributed by atoms with Crippen LogP contribution < -0.4 is 5.73 Å². The van der Waals surface area contributed by atoms with Crippen molar-refractivity contribution in [3.8, 4) is 0 Å². The van der Waals surface area contributed by atoms with Crippen LogP contribution in [-0.4, -0.2) is 21.5 Å². The van der Waals surface area contributed by atoms with Gasteiger partial charge in [-0.3, -0.25) is 4.68 Å². The van der Waals surface area contributed by atoms with E-state index in [1.54, 1.807) is 6.20 Å². The molecule has 1 heterocycles. The van der Waals surface area contributed by atoms with Gasteiger partial charge in [-0.15, -0.1) is 0 Å². The molecule has 1 aromatic heterocycles. The first-order valence-electron chi connectivity index (χ1n) is 4.04. The van der Waals surface area contributed by atoms with Crippen LogP contribution in [0.25, 0.3) is 0 Å². The maximum absolute atomic E-state index is 8.82. The van der Waals surface area contributed by atoms with Crippen LogP contribution in [0.3, 0.4) is 0 Å². The van der Waals surface area contributed by atoms with Crippen LogP contribution in [0.4, 0.5) is 5.69 Å². The number of aliphatic hydroxyl groups excluding tert-OH is 1. The van der Waals surface area contributed by atoms with Gasteiger partial charge in [-0.1, -0.05) is 6.92 Å². The number of hydrogen-bond donors (Lipinski definition) is 2. The lowest BCUT2D eigenvalue weighted by molar-refractivity contribution is 0.218. The zero-order chi connectivity index (χ0) is 9.14. The van der Waals surface area contributed by atoms with Crippen molar-refractivity contribution < 1.29 is 5.11 Å². The molecule has 4 nitrogen and oxygen atoms in total. The van der Waals surface area contributed by atoms with E-state index in [2.05, 4.69) is 5.10 Å². The van der Waals surface area contributed by atoms with E-state index in [0.29, 0.717) is 5.69 Å². The first kappa shape index (κ1) is 9.06. The fourth-order valence-electron chi connectivity index (χ4n) is 0.998. The van der Waals surface area contributed by atoms with Crippen LogP contribution in [0.5, 0.6) is 0 Å². The predicted molar refractivity (Wildman–Crippen MR) is 47.6 cm³/mol. The second kappa shape index (κ2) is 3.58. The Morgan fingerprint density at radius 3 is 2.83 bits per heavy atom. The van der Waals surface area contributed by atoms with Gasteiger partial charge in [0.25, 0.3) is 0 Å². The van der Waals surface area contributed by atoms with E-state index < -0.39 is 0 Å². The summed E-state index contributed by atoms with van der Waals surface area (Å²) in [7, 11) is 0. The maximum Gasteiger partial charge on any atom is 0.0730 e. The standard InChI is InChI=1S/C8H15N3O/c1-6(5-12)4-11-7(2)8(9)3-10-11/h3,6,12H,4-5,9H2,1-2H3. The zero-order valence-corrected chi connectivity index (χ0v) is 7.49. The molecule has 0 bridgehead atoms. The molecule has 0 saturated carbocycles. The summed E-state index contributed by atoms with van der Waals surface area (Å²) in [5.74, 6) is 0.225. The molecule has 0 radical (unpaired) electrons. The number of nitrogen functional groups attached to an aromatic ring is 1. The van der Waals surface area contributed by atoms with E-state index in [4.69, 9.17) is 10.8 Å². The Morgan fingerprint density at radius 2 is 2.42 bits per heavy atom. The minimum Gasteiger partial charge on any atom is -0.396 e. The third-order valence-electron chi connectivity index (χ3n) is 1.94. The molecule has 4 heteroatoms. The molecule has 0 saturated heterocycles. The molecule has 68 valence electrons. The van der Waals surface area contributed by atoms with E-state index in [0.717, 1.165) is 12.2 Å². The second-order valence-corrected chi connectivity index (χ2v) is 3.16. The van der Waals surface area contributed by atoms with E-state index >= 15 is 0 Å². The van der Waals surface area contributed by atoms with Crippen molar-refractivity contribution in [3.05, 3.63) is 11.9 Å². The smallest absolute Gasteiger partial charge is 0.0730 e. The fraction of sp³-hybridized carbons (Fsp3) is 0.625. The Bertz CT molecular complexity index is 257. The molecule has 3 N–H and O–H groups in total. The number of aromatic nitrogens is 2. The Hall–Kier alpha value is -1.03. The predicted octanol–water partition coefficient (Wildman–Crippen LogP) is 0.402. The van der Waals surface area contributed by atoms with Crippen molar-refractivity contribution in [3.63, 3.8) is 0 Å². The quantitative estimate of drug-likeness (QED) is 0.688. The molecular formula is C8H15N3O. The zero-order valence-electron chi connectivity index (χ0n) is 7.49. The number of nitrogens with zero attached hydrogens (tertiary/aromatic N) is 2. The van der Waals surface area contributed by atoms with Crippen molar-refractivity contribution in [1.82, 2.24) is 9.78 Å². The summed E-state index contributed by atoms with van der Waals surface area (Å²) in [6.45, 7) is 4.79. The monoisotopic (exact) mass is 169 g/mol. The summed E-state index contributed by atoms with van der Waals surface area (Å²) >= 11 is 0. The molecule has 1 unspecified atom stereocenters. The molecule has 1 aromatic rings. The van der Waals surface area contributed by atoms with Crippen LogP contribution in [0.15, 0.2) is 6.20 Å². The SMILES string of the molecule is Cc1c(N)cnn1CC(C)CO. The van der Waals surface area contributed by atoms with E-state index in [1.165, 1.54) is 0 Å². The summed E-state index contributed by atoms with van der Waals surface area (Å²) in [5, 5.41) is 12.9. The number of hydrogen-bond acceptors (Lipinski definition) is 3. The third kappa shape index (κ3) is 1.76. The summed E-state index contributed by atoms with van der Waals surface area (Å²) < 4.78 is 1.82. The summed E-state index contributed by atoms with van der Waals surface area (Å²) in [6, 6.07) is 0. The molecule has 1 rings (SSSR count). The Kier molecular flexibility index (Phi) is 2.70. The Morgan fingerprint density at radius 1 is 1.75 bits per heavy atom. The molecule has 0 fully saturated rings. The highest BCUT2D eigenvalue weighted by Gasteiger charge is 2.06. The van der Waals surface area contributed by atoms with Crippen LogP contribution in [0.1, 0.15) is 12.6 Å². The summed E-state index contributed by atoms with van der Waals surface area (Å²) in [6.07, 6.45) is 1.64. The van der Waals surface area contributed by atoms with Gasteiger partial charge in [0.1, 0.15) is 0 Å². The molecule has 0 aliphatic carbocycles. The fourth-order valence-corrected chi connectivity index (χ4v) is 0.998. The van der Waals surface area contributed by atoms with E-state index in [9.17, 15) is 0 Å². The molecule has 1 atom stereocenters. The number of nitrogens with two attached hydrogens (primary N) is 1. The second-order valence-electron chi connectivity index (χ2n) is 3.16. The molecule has 0 aliphatic rings. The van der Waals surface area contributed by atoms with Gasteiger partial charge in [-0.25, -0.2) is 0 Å². The molecule has 0 spiro atoms. The van der Waals surface area contributed by atoms with Crippen LogP contribution >= 0.6 is 0 Å². The van der Waals surface area contributed by atoms with Gasteiger partial charge in [0, 0.05) is 13.2 Å². The summed E-state index contributed by atoms with van der Waals surface area (Å²) in [5.41, 5.74) is 7.29. The topological polar surface area (TPSA) is 64.1 Å². The van der Waals surface area contributed by atoms with Crippen molar-refractivity contribution in [2.75, 3.05) is 12.3 Å². The third-order valence-corrected chi connectivity index (χ3v) is 1.94. The average Bonchev–Trinajstić information content (AvgIpc) is 2.36. The molecule has 0 amide bonds. The Labute approximate surface area is 72.0 Å². The maximum atomic E-state index is 8.82. The van der Waals surface area contributed by atoms with Gasteiger partial charge in [0.15, 0.2) is 0 Å². The highest BCUT2D eigenvalue weighted by atomic mass is 16.3. The number of rotatable bonds is 3. The highest BCUT2D eigenvalue weighted by molar-refractivity contribution is 5.39. The van der Waals surface area contributed by atoms with Crippen molar-refractivity contribution in [2.24, 2.45) is 5.92 Å². The van der Waals surface area contributed by atoms with Crippen molar-refractivity contribution >= 4 is 5.69 Å². The van der Waals surface area contributed by atoms with E-state index in [1.807, 2.05) is 18.5 Å². The lowest BCUT2D eigenvalue weighted by atomic mass is 10.2. The van der Waals surface area contributed by atoms with Gasteiger partial charge in [-0.05, 0) is 12.8 Å². The average molecular weight is 169 g/mol. The first-order valence-corrected chi connectivity index (χ1v) is 4.04. The van der Waals surface area contributed by atoms with E-state index in [-0.39, 0.29) is 12.5 Å². The van der Waals surface area contributed by atoms with Crippen molar-refractivity contribution in [2.45, 2.75) is 20.4 Å². The first-order chi connectivity index (χ1) is 5.65. The van der Waals surface area contributed by atoms with Crippen LogP contribution in [0, 0.1) is 12.8 Å². The summed E-state index contributed by atoms with van der Waals surface area (Å²) in [4.78, 5) is 0. The molecule has 0 aromatic carbocycles. The van der Waals surface area contributed by atoms with Gasteiger partial charge in [-0.2, -0.15) is 5.10 Å². The van der Waals surface area contributed by atoms with Crippen LogP contribution in [-0.2, 0) is 6.54 Å². The largest absolute Gasteiger partial charge is 0.396 e. The minimum absolute atomic E-state index is 0.180. The van der Waals surface area contributed by atoms with Gasteiger partial charge in [0.2, 0.25) is 0 Å². The number of aliphatic hydroxyl groups is 1. The molecule has 12 heavy (non-hydrogen) atoms. The number of anilines is 1. The molecule has 0 aliphatic heterocycles. The van der Waals surface area contributed by atoms with Gasteiger partial charge < -0.3 is 10.8 Å². The normalized spacial score (nSPS) is 13.2. The lowest BCUT2D eigenvalue weighted by Gasteiger charge is -2.09. The minimum atomic E-state index is 0.180. The van der Waals surface area contributed by atoms with Gasteiger partial charge in [0.05, 0.1) is 17.6 Å². The molecular weight excluding hydrogens is 154 g/mol. The van der Waals surface area contributed by atoms with Gasteiger partial charge >= 0.3 is 0 Å². The van der Waals surface area contributed by atoms with Crippen LogP contribution in [0.2, 0.25) is 0 Å². The van der Waals surface area contributed by atoms with Crippen molar-refractivity contribution in [1.29, 1.82) is 0 Å². The Balaban J connectivity index is 2.69. The lowest BCUT2D eigenvalue weighted by Crippen LogP contribution is -2.13.